The van der Waals surface area contributed by atoms with Crippen LogP contribution in [0, 0.1) is 25.2 Å². The van der Waals surface area contributed by atoms with E-state index >= 15 is 0 Å². The van der Waals surface area contributed by atoms with Gasteiger partial charge in [0.05, 0.1) is 11.6 Å². The van der Waals surface area contributed by atoms with Crippen molar-refractivity contribution in [1.29, 1.82) is 5.26 Å². The molecule has 2 rings (SSSR count). The molecule has 0 aliphatic rings. The van der Waals surface area contributed by atoms with Crippen LogP contribution in [0.5, 0.6) is 0 Å². The molecule has 0 atom stereocenters. The first-order valence-electron chi connectivity index (χ1n) is 6.09. The van der Waals surface area contributed by atoms with E-state index in [0.29, 0.717) is 6.54 Å². The first-order valence-corrected chi connectivity index (χ1v) is 7.68. The van der Waals surface area contributed by atoms with Crippen LogP contribution in [0.3, 0.4) is 0 Å². The third-order valence-electron chi connectivity index (χ3n) is 2.83. The normalized spacial score (nSPS) is 8.95. The number of benzene rings is 2. The number of hydrogen-bond donors (Lipinski definition) is 1. The number of nitrogens with zero attached hydrogens (tertiary/aromatic N) is 1. The van der Waals surface area contributed by atoms with Gasteiger partial charge in [-0.25, -0.2) is 0 Å². The molecule has 0 unspecified atom stereocenters. The first kappa shape index (κ1) is 20.1. The van der Waals surface area contributed by atoms with Gasteiger partial charge in [-0.2, -0.15) is 5.26 Å². The van der Waals surface area contributed by atoms with Gasteiger partial charge in [-0.15, -0.1) is 12.4 Å². The number of nitrogens with two attached hydrogens (primary N) is 1. The van der Waals surface area contributed by atoms with E-state index in [4.69, 9.17) is 11.0 Å². The molecule has 2 aromatic rings. The van der Waals surface area contributed by atoms with Crippen LogP contribution in [0.15, 0.2) is 45.3 Å². The molecule has 0 radical (unpaired) electrons. The fourth-order valence-corrected chi connectivity index (χ4v) is 2.59. The van der Waals surface area contributed by atoms with Gasteiger partial charge in [0, 0.05) is 15.5 Å². The van der Waals surface area contributed by atoms with Crippen LogP contribution < -0.4 is 5.73 Å². The second-order valence-electron chi connectivity index (χ2n) is 4.35. The summed E-state index contributed by atoms with van der Waals surface area (Å²) in [5, 5.41) is 8.54. The van der Waals surface area contributed by atoms with Gasteiger partial charge in [0.15, 0.2) is 0 Å². The van der Waals surface area contributed by atoms with E-state index in [1.54, 1.807) is 6.07 Å². The molecule has 112 valence electrons. The highest BCUT2D eigenvalue weighted by molar-refractivity contribution is 9.10. The zero-order chi connectivity index (χ0) is 15.1. The van der Waals surface area contributed by atoms with Gasteiger partial charge in [-0.1, -0.05) is 37.9 Å². The molecular weight excluding hydrogens is 415 g/mol. The lowest BCUT2D eigenvalue weighted by Gasteiger charge is -2.01. The predicted octanol–water partition coefficient (Wildman–Crippen LogP) is 5.27. The summed E-state index contributed by atoms with van der Waals surface area (Å²) in [6.45, 7) is 4.61. The zero-order valence-electron chi connectivity index (χ0n) is 11.9. The van der Waals surface area contributed by atoms with Crippen LogP contribution in [-0.2, 0) is 6.54 Å². The number of hydrogen-bond acceptors (Lipinski definition) is 2. The molecule has 0 saturated carbocycles. The summed E-state index contributed by atoms with van der Waals surface area (Å²) in [6.07, 6.45) is 0. The predicted molar refractivity (Wildman–Crippen MR) is 97.6 cm³/mol. The van der Waals surface area contributed by atoms with E-state index in [-0.39, 0.29) is 12.4 Å². The molecule has 0 saturated heterocycles. The SMILES string of the molecule is Cc1cc(Br)ccc1C#N.Cc1cc(Br)ccc1CN.Cl. The molecule has 2 N–H and O–H groups in total. The van der Waals surface area contributed by atoms with Gasteiger partial charge < -0.3 is 5.73 Å². The molecule has 0 aromatic heterocycles. The molecule has 2 aromatic carbocycles. The Morgan fingerprint density at radius 3 is 1.95 bits per heavy atom. The molecule has 0 fully saturated rings. The Balaban J connectivity index is 0.000000364. The quantitative estimate of drug-likeness (QED) is 0.668. The Hall–Kier alpha value is -0.860. The Morgan fingerprint density at radius 1 is 1.00 bits per heavy atom. The van der Waals surface area contributed by atoms with Crippen molar-refractivity contribution in [2.75, 3.05) is 0 Å². The average Bonchev–Trinajstić information content (AvgIpc) is 2.40. The summed E-state index contributed by atoms with van der Waals surface area (Å²) < 4.78 is 2.13. The second kappa shape index (κ2) is 9.97. The Morgan fingerprint density at radius 2 is 1.52 bits per heavy atom. The van der Waals surface area contributed by atoms with Crippen molar-refractivity contribution in [3.8, 4) is 6.07 Å². The highest BCUT2D eigenvalue weighted by Crippen LogP contribution is 2.15. The molecule has 0 spiro atoms. The monoisotopic (exact) mass is 430 g/mol. The first-order chi connectivity index (χ1) is 9.47. The standard InChI is InChI=1S/C8H10BrN.C8H6BrN.ClH/c2*1-6-4-8(9)3-2-7(6)5-10;/h2-4H,5,10H2,1H3;2-4H,1H3;1H. The molecular formula is C16H17Br2ClN2. The fourth-order valence-electron chi connectivity index (χ4n) is 1.64. The fraction of sp³-hybridized carbons (Fsp3) is 0.188. The number of aryl methyl sites for hydroxylation is 2. The zero-order valence-corrected chi connectivity index (χ0v) is 15.8. The van der Waals surface area contributed by atoms with Crippen molar-refractivity contribution in [2.24, 2.45) is 5.73 Å². The van der Waals surface area contributed by atoms with Crippen LogP contribution in [0.4, 0.5) is 0 Å². The van der Waals surface area contributed by atoms with Gasteiger partial charge in [-0.05, 0) is 60.9 Å². The number of nitriles is 1. The van der Waals surface area contributed by atoms with Crippen molar-refractivity contribution < 1.29 is 0 Å². The Labute approximate surface area is 149 Å². The molecule has 0 amide bonds. The van der Waals surface area contributed by atoms with Gasteiger partial charge in [0.2, 0.25) is 0 Å². The van der Waals surface area contributed by atoms with Crippen molar-refractivity contribution in [1.82, 2.24) is 0 Å². The Bertz CT molecular complexity index is 637. The van der Waals surface area contributed by atoms with Crippen LogP contribution >= 0.6 is 44.3 Å². The van der Waals surface area contributed by atoms with E-state index in [2.05, 4.69) is 50.9 Å². The third-order valence-corrected chi connectivity index (χ3v) is 3.82. The minimum Gasteiger partial charge on any atom is -0.326 e. The highest BCUT2D eigenvalue weighted by Gasteiger charge is 1.95. The van der Waals surface area contributed by atoms with Crippen molar-refractivity contribution in [2.45, 2.75) is 20.4 Å². The van der Waals surface area contributed by atoms with Crippen molar-refractivity contribution >= 4 is 44.3 Å². The van der Waals surface area contributed by atoms with Gasteiger partial charge in [0.1, 0.15) is 0 Å². The molecule has 5 heteroatoms. The van der Waals surface area contributed by atoms with Gasteiger partial charge in [-0.3, -0.25) is 0 Å². The van der Waals surface area contributed by atoms with Crippen LogP contribution in [0.1, 0.15) is 22.3 Å². The summed E-state index contributed by atoms with van der Waals surface area (Å²) in [5.74, 6) is 0. The second-order valence-corrected chi connectivity index (χ2v) is 6.18. The lowest BCUT2D eigenvalue weighted by molar-refractivity contribution is 1.05. The molecule has 0 aliphatic carbocycles. The lowest BCUT2D eigenvalue weighted by Crippen LogP contribution is -1.98. The Kier molecular flexibility index (Phi) is 9.56. The van der Waals surface area contributed by atoms with E-state index < -0.39 is 0 Å². The molecule has 2 nitrogen and oxygen atoms in total. The largest absolute Gasteiger partial charge is 0.326 e. The minimum atomic E-state index is 0. The van der Waals surface area contributed by atoms with E-state index in [1.807, 2.05) is 31.2 Å². The van der Waals surface area contributed by atoms with Crippen molar-refractivity contribution in [3.63, 3.8) is 0 Å². The van der Waals surface area contributed by atoms with Crippen molar-refractivity contribution in [3.05, 3.63) is 67.6 Å². The minimum absolute atomic E-state index is 0. The molecule has 21 heavy (non-hydrogen) atoms. The van der Waals surface area contributed by atoms with Gasteiger partial charge in [0.25, 0.3) is 0 Å². The van der Waals surface area contributed by atoms with E-state index in [1.165, 1.54) is 11.1 Å². The summed E-state index contributed by atoms with van der Waals surface area (Å²) >= 11 is 6.70. The maximum Gasteiger partial charge on any atom is 0.0994 e. The summed E-state index contributed by atoms with van der Waals surface area (Å²) in [6, 6.07) is 13.8. The summed E-state index contributed by atoms with van der Waals surface area (Å²) in [4.78, 5) is 0. The highest BCUT2D eigenvalue weighted by atomic mass is 79.9. The average molecular weight is 433 g/mol. The maximum atomic E-state index is 8.54. The number of halogens is 3. The smallest absolute Gasteiger partial charge is 0.0994 e. The molecule has 0 bridgehead atoms. The van der Waals surface area contributed by atoms with Gasteiger partial charge >= 0.3 is 0 Å². The van der Waals surface area contributed by atoms with E-state index in [0.717, 1.165) is 20.1 Å². The summed E-state index contributed by atoms with van der Waals surface area (Å²) in [7, 11) is 0. The molecule has 0 aliphatic heterocycles. The van der Waals surface area contributed by atoms with Crippen LogP contribution in [-0.4, -0.2) is 0 Å². The van der Waals surface area contributed by atoms with E-state index in [9.17, 15) is 0 Å². The lowest BCUT2D eigenvalue weighted by atomic mass is 10.1. The van der Waals surface area contributed by atoms with Crippen LogP contribution in [0.2, 0.25) is 0 Å². The summed E-state index contributed by atoms with van der Waals surface area (Å²) in [5.41, 5.74) is 9.69. The number of rotatable bonds is 1. The maximum absolute atomic E-state index is 8.54. The molecule has 0 heterocycles. The third kappa shape index (κ3) is 6.62. The topological polar surface area (TPSA) is 49.8 Å². The van der Waals surface area contributed by atoms with Crippen LogP contribution in [0.25, 0.3) is 0 Å².